The predicted octanol–water partition coefficient (Wildman–Crippen LogP) is 2.86. The van der Waals surface area contributed by atoms with Gasteiger partial charge in [-0.3, -0.25) is 4.79 Å². The number of carbonyl (C=O) groups excluding carboxylic acids is 1. The predicted molar refractivity (Wildman–Crippen MR) is 60.0 cm³/mol. The van der Waals surface area contributed by atoms with E-state index in [2.05, 4.69) is 22.9 Å². The maximum Gasteiger partial charge on any atom is 0.152 e. The van der Waals surface area contributed by atoms with E-state index in [1.54, 1.807) is 0 Å². The van der Waals surface area contributed by atoms with Crippen LogP contribution in [-0.4, -0.2) is 10.9 Å². The van der Waals surface area contributed by atoms with Crippen molar-refractivity contribution in [1.29, 1.82) is 0 Å². The molecule has 3 rings (SSSR count). The standard InChI is InChI=1S/C13H13NO/c15-9-12-3-1-2-11-6-7-14(13(11)12)8-10-4-5-10/h1-3,6-7,9-10H,4-5,8H2. The number of rotatable bonds is 3. The number of nitrogens with zero attached hydrogens (tertiary/aromatic N) is 1. The molecule has 1 fully saturated rings. The third-order valence-electron chi connectivity index (χ3n) is 3.10. The van der Waals surface area contributed by atoms with Gasteiger partial charge in [0.2, 0.25) is 0 Å². The summed E-state index contributed by atoms with van der Waals surface area (Å²) in [5, 5.41) is 1.17. The molecule has 1 heterocycles. The summed E-state index contributed by atoms with van der Waals surface area (Å²) in [5.74, 6) is 0.834. The maximum absolute atomic E-state index is 11.0. The molecule has 2 heteroatoms. The first-order chi connectivity index (χ1) is 7.38. The molecule has 0 N–H and O–H groups in total. The second-order valence-corrected chi connectivity index (χ2v) is 4.31. The van der Waals surface area contributed by atoms with E-state index in [9.17, 15) is 4.79 Å². The number of para-hydroxylation sites is 1. The van der Waals surface area contributed by atoms with Crippen LogP contribution in [0.3, 0.4) is 0 Å². The summed E-state index contributed by atoms with van der Waals surface area (Å²) in [6.45, 7) is 1.06. The monoisotopic (exact) mass is 199 g/mol. The smallest absolute Gasteiger partial charge is 0.152 e. The fourth-order valence-electron chi connectivity index (χ4n) is 2.12. The Bertz CT molecular complexity index is 508. The molecule has 0 spiro atoms. The fraction of sp³-hybridized carbons (Fsp3) is 0.308. The van der Waals surface area contributed by atoms with Gasteiger partial charge in [-0.15, -0.1) is 0 Å². The first kappa shape index (κ1) is 8.72. The van der Waals surface area contributed by atoms with Crippen molar-refractivity contribution < 1.29 is 4.79 Å². The zero-order valence-corrected chi connectivity index (χ0v) is 8.52. The van der Waals surface area contributed by atoms with E-state index in [4.69, 9.17) is 0 Å². The summed E-state index contributed by atoms with van der Waals surface area (Å²) in [4.78, 5) is 11.0. The van der Waals surface area contributed by atoms with Crippen molar-refractivity contribution in [2.24, 2.45) is 5.92 Å². The number of benzene rings is 1. The molecule has 0 atom stereocenters. The third-order valence-corrected chi connectivity index (χ3v) is 3.10. The lowest BCUT2D eigenvalue weighted by Crippen LogP contribution is -1.99. The Morgan fingerprint density at radius 2 is 2.20 bits per heavy atom. The zero-order chi connectivity index (χ0) is 10.3. The number of hydrogen-bond donors (Lipinski definition) is 0. The van der Waals surface area contributed by atoms with Crippen LogP contribution in [0, 0.1) is 5.92 Å². The van der Waals surface area contributed by atoms with E-state index in [1.165, 1.54) is 18.2 Å². The highest BCUT2D eigenvalue weighted by Gasteiger charge is 2.22. The molecule has 15 heavy (non-hydrogen) atoms. The van der Waals surface area contributed by atoms with Crippen molar-refractivity contribution >= 4 is 17.2 Å². The Hall–Kier alpha value is -1.57. The molecule has 2 aromatic rings. The Labute approximate surface area is 88.5 Å². The van der Waals surface area contributed by atoms with Crippen LogP contribution in [0.2, 0.25) is 0 Å². The van der Waals surface area contributed by atoms with Crippen molar-refractivity contribution in [2.75, 3.05) is 0 Å². The van der Waals surface area contributed by atoms with Gasteiger partial charge in [-0.2, -0.15) is 0 Å². The van der Waals surface area contributed by atoms with Gasteiger partial charge >= 0.3 is 0 Å². The molecule has 2 nitrogen and oxygen atoms in total. The van der Waals surface area contributed by atoms with Gasteiger partial charge in [-0.25, -0.2) is 0 Å². The van der Waals surface area contributed by atoms with Crippen LogP contribution in [-0.2, 0) is 6.54 Å². The molecule has 76 valence electrons. The average Bonchev–Trinajstić information content (AvgIpc) is 2.98. The molecule has 1 aromatic heterocycles. The molecule has 0 bridgehead atoms. The lowest BCUT2D eigenvalue weighted by molar-refractivity contribution is 0.112. The quantitative estimate of drug-likeness (QED) is 0.697. The highest BCUT2D eigenvalue weighted by atomic mass is 16.1. The first-order valence-electron chi connectivity index (χ1n) is 5.41. The van der Waals surface area contributed by atoms with E-state index in [1.807, 2.05) is 12.1 Å². The van der Waals surface area contributed by atoms with Gasteiger partial charge in [-0.05, 0) is 30.9 Å². The summed E-state index contributed by atoms with van der Waals surface area (Å²) in [7, 11) is 0. The van der Waals surface area contributed by atoms with Gasteiger partial charge in [0.05, 0.1) is 5.52 Å². The van der Waals surface area contributed by atoms with Crippen LogP contribution in [0.4, 0.5) is 0 Å². The van der Waals surface area contributed by atoms with E-state index in [-0.39, 0.29) is 0 Å². The Morgan fingerprint density at radius 3 is 2.93 bits per heavy atom. The van der Waals surface area contributed by atoms with Gasteiger partial charge in [-0.1, -0.05) is 12.1 Å². The number of hydrogen-bond acceptors (Lipinski definition) is 1. The minimum Gasteiger partial charge on any atom is -0.347 e. The molecule has 1 aromatic carbocycles. The van der Waals surface area contributed by atoms with Crippen molar-refractivity contribution in [3.8, 4) is 0 Å². The normalized spacial score (nSPS) is 15.7. The van der Waals surface area contributed by atoms with E-state index >= 15 is 0 Å². The van der Waals surface area contributed by atoms with Gasteiger partial charge in [0, 0.05) is 23.7 Å². The van der Waals surface area contributed by atoms with Crippen LogP contribution in [0.5, 0.6) is 0 Å². The molecule has 1 saturated carbocycles. The summed E-state index contributed by atoms with van der Waals surface area (Å²) in [6.07, 6.45) is 5.72. The van der Waals surface area contributed by atoms with Crippen molar-refractivity contribution in [3.63, 3.8) is 0 Å². The minimum atomic E-state index is 0.804. The number of carbonyl (C=O) groups is 1. The first-order valence-corrected chi connectivity index (χ1v) is 5.41. The lowest BCUT2D eigenvalue weighted by atomic mass is 10.1. The summed E-state index contributed by atoms with van der Waals surface area (Å²) in [6, 6.07) is 7.97. The molecule has 0 saturated heterocycles. The average molecular weight is 199 g/mol. The number of aldehydes is 1. The minimum absolute atomic E-state index is 0.804. The van der Waals surface area contributed by atoms with Crippen LogP contribution >= 0.6 is 0 Å². The van der Waals surface area contributed by atoms with Crippen molar-refractivity contribution in [2.45, 2.75) is 19.4 Å². The van der Waals surface area contributed by atoms with Gasteiger partial charge in [0.15, 0.2) is 6.29 Å². The van der Waals surface area contributed by atoms with Crippen LogP contribution in [0.15, 0.2) is 30.5 Å². The van der Waals surface area contributed by atoms with E-state index in [0.29, 0.717) is 0 Å². The molecule has 1 aliphatic carbocycles. The van der Waals surface area contributed by atoms with Crippen molar-refractivity contribution in [1.82, 2.24) is 4.57 Å². The maximum atomic E-state index is 11.0. The third kappa shape index (κ3) is 1.46. The van der Waals surface area contributed by atoms with Gasteiger partial charge in [0.25, 0.3) is 0 Å². The van der Waals surface area contributed by atoms with Crippen LogP contribution < -0.4 is 0 Å². The molecule has 0 radical (unpaired) electrons. The van der Waals surface area contributed by atoms with E-state index < -0.39 is 0 Å². The SMILES string of the molecule is O=Cc1cccc2ccn(CC3CC3)c12. The Balaban J connectivity index is 2.15. The molecule has 0 amide bonds. The molecule has 0 aliphatic heterocycles. The van der Waals surface area contributed by atoms with Crippen LogP contribution in [0.1, 0.15) is 23.2 Å². The zero-order valence-electron chi connectivity index (χ0n) is 8.52. The molecule has 1 aliphatic rings. The largest absolute Gasteiger partial charge is 0.347 e. The summed E-state index contributed by atoms with van der Waals surface area (Å²) < 4.78 is 2.22. The Kier molecular flexibility index (Phi) is 1.88. The molecule has 0 unspecified atom stereocenters. The van der Waals surface area contributed by atoms with E-state index in [0.717, 1.165) is 29.8 Å². The van der Waals surface area contributed by atoms with Crippen molar-refractivity contribution in [3.05, 3.63) is 36.0 Å². The second-order valence-electron chi connectivity index (χ2n) is 4.31. The second kappa shape index (κ2) is 3.23. The topological polar surface area (TPSA) is 22.0 Å². The summed E-state index contributed by atoms with van der Waals surface area (Å²) >= 11 is 0. The molecular weight excluding hydrogens is 186 g/mol. The van der Waals surface area contributed by atoms with Crippen LogP contribution in [0.25, 0.3) is 10.9 Å². The highest BCUT2D eigenvalue weighted by molar-refractivity contribution is 5.96. The highest BCUT2D eigenvalue weighted by Crippen LogP contribution is 2.32. The van der Waals surface area contributed by atoms with Gasteiger partial charge < -0.3 is 4.57 Å². The van der Waals surface area contributed by atoms with Gasteiger partial charge in [0.1, 0.15) is 0 Å². The number of fused-ring (bicyclic) bond motifs is 1. The lowest BCUT2D eigenvalue weighted by Gasteiger charge is -2.05. The Morgan fingerprint density at radius 1 is 1.33 bits per heavy atom. The summed E-state index contributed by atoms with van der Waals surface area (Å²) in [5.41, 5.74) is 1.90. The molecular formula is C13H13NO. The number of aromatic nitrogens is 1. The fourth-order valence-corrected chi connectivity index (χ4v) is 2.12.